The van der Waals surface area contributed by atoms with Crippen molar-refractivity contribution < 1.29 is 27.1 Å². The maximum atomic E-state index is 13.2. The summed E-state index contributed by atoms with van der Waals surface area (Å²) in [7, 11) is -3.81. The standard InChI is InChI=1S/C22H25FN4O5S/c23-17-4-6-18(7-5-17)25-8-10-27(11-9-25)33(30,31)19-3-1-2-16(14-19)22(29)26-12-13-32-20(15-26)21(24)28/h1-7,14,20H,8-13,15H2,(H2,24,28). The lowest BCUT2D eigenvalue weighted by Gasteiger charge is -2.35. The predicted octanol–water partition coefficient (Wildman–Crippen LogP) is 0.663. The SMILES string of the molecule is NC(=O)C1CN(C(=O)c2cccc(S(=O)(=O)N3CCN(c4ccc(F)cc4)CC3)c2)CCO1. The molecule has 2 saturated heterocycles. The molecule has 0 spiro atoms. The molecule has 176 valence electrons. The van der Waals surface area contributed by atoms with Gasteiger partial charge >= 0.3 is 0 Å². The van der Waals surface area contributed by atoms with Crippen LogP contribution in [0.3, 0.4) is 0 Å². The van der Waals surface area contributed by atoms with E-state index < -0.39 is 22.0 Å². The van der Waals surface area contributed by atoms with E-state index in [0.29, 0.717) is 13.1 Å². The van der Waals surface area contributed by atoms with E-state index in [-0.39, 0.29) is 55.0 Å². The van der Waals surface area contributed by atoms with Crippen LogP contribution in [0.4, 0.5) is 10.1 Å². The zero-order valence-electron chi connectivity index (χ0n) is 17.9. The number of sulfonamides is 1. The Hall–Kier alpha value is -3.02. The summed E-state index contributed by atoms with van der Waals surface area (Å²) in [5, 5.41) is 0. The number of ether oxygens (including phenoxy) is 1. The summed E-state index contributed by atoms with van der Waals surface area (Å²) < 4.78 is 46.3. The highest BCUT2D eigenvalue weighted by atomic mass is 32.2. The molecule has 2 fully saturated rings. The second-order valence-corrected chi connectivity index (χ2v) is 9.85. The van der Waals surface area contributed by atoms with Gasteiger partial charge in [-0.15, -0.1) is 0 Å². The summed E-state index contributed by atoms with van der Waals surface area (Å²) >= 11 is 0. The van der Waals surface area contributed by atoms with Crippen molar-refractivity contribution in [2.45, 2.75) is 11.0 Å². The Labute approximate surface area is 191 Å². The number of carbonyl (C=O) groups excluding carboxylic acids is 2. The summed E-state index contributed by atoms with van der Waals surface area (Å²) in [4.78, 5) is 27.8. The quantitative estimate of drug-likeness (QED) is 0.679. The number of piperazine rings is 1. The van der Waals surface area contributed by atoms with E-state index in [0.717, 1.165) is 5.69 Å². The van der Waals surface area contributed by atoms with E-state index in [9.17, 15) is 22.4 Å². The lowest BCUT2D eigenvalue weighted by Crippen LogP contribution is -2.50. The fraction of sp³-hybridized carbons (Fsp3) is 0.364. The number of morpholine rings is 1. The van der Waals surface area contributed by atoms with Crippen LogP contribution in [-0.4, -0.2) is 81.4 Å². The normalized spacial score (nSPS) is 20.0. The van der Waals surface area contributed by atoms with Gasteiger partial charge in [-0.2, -0.15) is 4.31 Å². The molecule has 1 atom stereocenters. The molecule has 0 aliphatic carbocycles. The van der Waals surface area contributed by atoms with Crippen molar-refractivity contribution in [3.8, 4) is 0 Å². The molecule has 11 heteroatoms. The molecule has 0 bridgehead atoms. The second kappa shape index (κ2) is 9.46. The van der Waals surface area contributed by atoms with E-state index in [1.54, 1.807) is 18.2 Å². The number of hydrogen-bond acceptors (Lipinski definition) is 6. The van der Waals surface area contributed by atoms with Gasteiger partial charge in [0.25, 0.3) is 5.91 Å². The highest BCUT2D eigenvalue weighted by Crippen LogP contribution is 2.23. The Bertz CT molecular complexity index is 1130. The number of hydrogen-bond donors (Lipinski definition) is 1. The minimum atomic E-state index is -3.81. The molecule has 0 aromatic heterocycles. The average molecular weight is 477 g/mol. The molecule has 2 aliphatic rings. The fourth-order valence-corrected chi connectivity index (χ4v) is 5.43. The van der Waals surface area contributed by atoms with Crippen molar-refractivity contribution in [1.82, 2.24) is 9.21 Å². The molecule has 33 heavy (non-hydrogen) atoms. The van der Waals surface area contributed by atoms with Crippen LogP contribution in [0.2, 0.25) is 0 Å². The fourth-order valence-electron chi connectivity index (χ4n) is 3.97. The molecular weight excluding hydrogens is 451 g/mol. The molecule has 9 nitrogen and oxygen atoms in total. The van der Waals surface area contributed by atoms with Crippen molar-refractivity contribution >= 4 is 27.5 Å². The van der Waals surface area contributed by atoms with Crippen LogP contribution in [-0.2, 0) is 19.6 Å². The van der Waals surface area contributed by atoms with Crippen molar-refractivity contribution in [3.63, 3.8) is 0 Å². The predicted molar refractivity (Wildman–Crippen MR) is 119 cm³/mol. The number of anilines is 1. The maximum absolute atomic E-state index is 13.2. The molecule has 4 rings (SSSR count). The molecule has 2 heterocycles. The molecule has 1 unspecified atom stereocenters. The number of nitrogens with two attached hydrogens (primary N) is 1. The molecule has 2 N–H and O–H groups in total. The lowest BCUT2D eigenvalue weighted by molar-refractivity contribution is -0.133. The Balaban J connectivity index is 1.45. The summed E-state index contributed by atoms with van der Waals surface area (Å²) in [5.41, 5.74) is 6.33. The summed E-state index contributed by atoms with van der Waals surface area (Å²) in [6, 6.07) is 12.0. The zero-order valence-corrected chi connectivity index (χ0v) is 18.7. The third kappa shape index (κ3) is 5.00. The summed E-state index contributed by atoms with van der Waals surface area (Å²) in [5.74, 6) is -1.36. The van der Waals surface area contributed by atoms with E-state index in [2.05, 4.69) is 0 Å². The van der Waals surface area contributed by atoms with Crippen LogP contribution in [0.1, 0.15) is 10.4 Å². The Morgan fingerprint density at radius 2 is 1.70 bits per heavy atom. The van der Waals surface area contributed by atoms with Crippen LogP contribution in [0.5, 0.6) is 0 Å². The van der Waals surface area contributed by atoms with Crippen molar-refractivity contribution in [2.24, 2.45) is 5.73 Å². The van der Waals surface area contributed by atoms with Crippen LogP contribution in [0.25, 0.3) is 0 Å². The van der Waals surface area contributed by atoms with Crippen LogP contribution in [0.15, 0.2) is 53.4 Å². The molecule has 2 aromatic rings. The van der Waals surface area contributed by atoms with Crippen molar-refractivity contribution in [1.29, 1.82) is 0 Å². The van der Waals surface area contributed by atoms with Gasteiger partial charge in [0, 0.05) is 44.0 Å². The second-order valence-electron chi connectivity index (χ2n) is 7.91. The third-order valence-corrected chi connectivity index (χ3v) is 7.71. The third-order valence-electron chi connectivity index (χ3n) is 5.82. The zero-order chi connectivity index (χ0) is 23.6. The number of halogens is 1. The largest absolute Gasteiger partial charge is 0.369 e. The van der Waals surface area contributed by atoms with E-state index in [1.807, 2.05) is 4.90 Å². The first-order valence-electron chi connectivity index (χ1n) is 10.6. The molecule has 2 aliphatic heterocycles. The monoisotopic (exact) mass is 476 g/mol. The van der Waals surface area contributed by atoms with Crippen molar-refractivity contribution in [3.05, 3.63) is 59.9 Å². The maximum Gasteiger partial charge on any atom is 0.254 e. The molecule has 0 radical (unpaired) electrons. The smallest absolute Gasteiger partial charge is 0.254 e. The van der Waals surface area contributed by atoms with E-state index in [4.69, 9.17) is 10.5 Å². The molecule has 2 aromatic carbocycles. The molecule has 2 amide bonds. The van der Waals surface area contributed by atoms with Gasteiger partial charge in [-0.05, 0) is 42.5 Å². The minimum Gasteiger partial charge on any atom is -0.369 e. The highest BCUT2D eigenvalue weighted by molar-refractivity contribution is 7.89. The van der Waals surface area contributed by atoms with Crippen LogP contribution >= 0.6 is 0 Å². The minimum absolute atomic E-state index is 0.0243. The number of carbonyl (C=O) groups is 2. The number of benzene rings is 2. The van der Waals surface area contributed by atoms with Gasteiger partial charge in [-0.3, -0.25) is 9.59 Å². The first-order valence-corrected chi connectivity index (χ1v) is 12.0. The van der Waals surface area contributed by atoms with Gasteiger partial charge in [0.1, 0.15) is 5.82 Å². The van der Waals surface area contributed by atoms with Crippen LogP contribution in [0, 0.1) is 5.82 Å². The van der Waals surface area contributed by atoms with Gasteiger partial charge in [0.15, 0.2) is 6.10 Å². The first-order chi connectivity index (χ1) is 15.8. The first kappa shape index (κ1) is 23.1. The van der Waals surface area contributed by atoms with Gasteiger partial charge in [-0.25, -0.2) is 12.8 Å². The number of primary amides is 1. The Morgan fingerprint density at radius 3 is 2.36 bits per heavy atom. The number of rotatable bonds is 5. The Kier molecular flexibility index (Phi) is 6.63. The van der Waals surface area contributed by atoms with E-state index in [1.165, 1.54) is 39.5 Å². The highest BCUT2D eigenvalue weighted by Gasteiger charge is 2.31. The lowest BCUT2D eigenvalue weighted by atomic mass is 10.1. The number of amides is 2. The molecular formula is C22H25FN4O5S. The van der Waals surface area contributed by atoms with Gasteiger partial charge in [0.05, 0.1) is 18.0 Å². The summed E-state index contributed by atoms with van der Waals surface area (Å²) in [6.45, 7) is 1.94. The number of nitrogens with zero attached hydrogens (tertiary/aromatic N) is 3. The van der Waals surface area contributed by atoms with Crippen molar-refractivity contribution in [2.75, 3.05) is 50.8 Å². The van der Waals surface area contributed by atoms with E-state index >= 15 is 0 Å². The topological polar surface area (TPSA) is 113 Å². The average Bonchev–Trinajstić information content (AvgIpc) is 2.84. The van der Waals surface area contributed by atoms with Crippen LogP contribution < -0.4 is 10.6 Å². The summed E-state index contributed by atoms with van der Waals surface area (Å²) in [6.07, 6.45) is -0.882. The van der Waals surface area contributed by atoms with Gasteiger partial charge in [-0.1, -0.05) is 6.07 Å². The Morgan fingerprint density at radius 1 is 1.00 bits per heavy atom. The van der Waals surface area contributed by atoms with Gasteiger partial charge < -0.3 is 20.3 Å². The van der Waals surface area contributed by atoms with Gasteiger partial charge in [0.2, 0.25) is 15.9 Å². The molecule has 0 saturated carbocycles.